The maximum Gasteiger partial charge on any atom is 0.416 e. The molecule has 0 atom stereocenters. The predicted molar refractivity (Wildman–Crippen MR) is 107 cm³/mol. The highest BCUT2D eigenvalue weighted by Gasteiger charge is 2.55. The summed E-state index contributed by atoms with van der Waals surface area (Å²) in [6.45, 7) is 0.797. The first-order valence-electron chi connectivity index (χ1n) is 11.0. The summed E-state index contributed by atoms with van der Waals surface area (Å²) in [5, 5.41) is 0. The van der Waals surface area contributed by atoms with Gasteiger partial charge >= 0.3 is 6.18 Å². The van der Waals surface area contributed by atoms with E-state index in [9.17, 15) is 26.4 Å². The van der Waals surface area contributed by atoms with Crippen LogP contribution in [0.3, 0.4) is 0 Å². The average molecular weight is 457 g/mol. The van der Waals surface area contributed by atoms with Crippen molar-refractivity contribution >= 4 is 15.9 Å². The highest BCUT2D eigenvalue weighted by Crippen LogP contribution is 2.60. The van der Waals surface area contributed by atoms with Gasteiger partial charge in [-0.25, -0.2) is 8.42 Å². The third kappa shape index (κ3) is 3.67. The number of rotatable bonds is 3. The Morgan fingerprint density at radius 1 is 0.935 bits per heavy atom. The zero-order valence-corrected chi connectivity index (χ0v) is 18.1. The van der Waals surface area contributed by atoms with Crippen LogP contribution in [0, 0.1) is 23.2 Å². The van der Waals surface area contributed by atoms with E-state index in [1.54, 1.807) is 4.90 Å². The molecule has 1 amide bonds. The molecule has 6 rings (SSSR count). The Bertz CT molecular complexity index is 949. The van der Waals surface area contributed by atoms with Crippen LogP contribution >= 0.6 is 0 Å². The zero-order valence-electron chi connectivity index (χ0n) is 17.3. The summed E-state index contributed by atoms with van der Waals surface area (Å²) in [7, 11) is -4.04. The standard InChI is InChI=1S/C22H27F3N2O3S/c23-22(24,25)18-2-1-3-19(11-18)31(29,30)27-6-4-26(5-7-27)20(28)21-12-15-8-16(13-21)10-17(9-15)14-21/h1-3,11,15-17H,4-10,12-14H2. The van der Waals surface area contributed by atoms with E-state index in [0.717, 1.165) is 31.4 Å². The molecule has 4 bridgehead atoms. The third-order valence-electron chi connectivity index (χ3n) is 7.82. The van der Waals surface area contributed by atoms with Gasteiger partial charge in [-0.1, -0.05) is 6.07 Å². The molecule has 4 saturated carbocycles. The van der Waals surface area contributed by atoms with Gasteiger partial charge in [0.15, 0.2) is 0 Å². The molecule has 5 nitrogen and oxygen atoms in total. The van der Waals surface area contributed by atoms with Crippen LogP contribution in [0.4, 0.5) is 13.2 Å². The van der Waals surface area contributed by atoms with Crippen LogP contribution in [0.1, 0.15) is 44.1 Å². The second kappa shape index (κ2) is 7.20. The number of carbonyl (C=O) groups is 1. The zero-order chi connectivity index (χ0) is 22.0. The van der Waals surface area contributed by atoms with E-state index in [-0.39, 0.29) is 29.3 Å². The van der Waals surface area contributed by atoms with Gasteiger partial charge in [-0.2, -0.15) is 17.5 Å². The van der Waals surface area contributed by atoms with Gasteiger partial charge in [-0.05, 0) is 74.5 Å². The van der Waals surface area contributed by atoms with Gasteiger partial charge in [-0.15, -0.1) is 0 Å². The van der Waals surface area contributed by atoms with Gasteiger partial charge in [0.05, 0.1) is 15.9 Å². The van der Waals surface area contributed by atoms with E-state index in [4.69, 9.17) is 0 Å². The lowest BCUT2D eigenvalue weighted by molar-refractivity contribution is -0.158. The Labute approximate surface area is 180 Å². The topological polar surface area (TPSA) is 57.7 Å². The van der Waals surface area contributed by atoms with Crippen molar-refractivity contribution in [2.45, 2.75) is 49.6 Å². The number of hydrogen-bond acceptors (Lipinski definition) is 3. The van der Waals surface area contributed by atoms with Gasteiger partial charge < -0.3 is 4.90 Å². The minimum Gasteiger partial charge on any atom is -0.340 e. The van der Waals surface area contributed by atoms with Crippen molar-refractivity contribution in [3.8, 4) is 0 Å². The van der Waals surface area contributed by atoms with Crippen LogP contribution in [0.2, 0.25) is 0 Å². The highest BCUT2D eigenvalue weighted by atomic mass is 32.2. The summed E-state index contributed by atoms with van der Waals surface area (Å²) >= 11 is 0. The van der Waals surface area contributed by atoms with Crippen LogP contribution in [0.5, 0.6) is 0 Å². The van der Waals surface area contributed by atoms with Crippen molar-refractivity contribution in [1.82, 2.24) is 9.21 Å². The molecule has 0 aromatic heterocycles. The quantitative estimate of drug-likeness (QED) is 0.696. The summed E-state index contributed by atoms with van der Waals surface area (Å²) in [5.74, 6) is 2.12. The Hall–Kier alpha value is -1.61. The van der Waals surface area contributed by atoms with Crippen LogP contribution in [-0.2, 0) is 21.0 Å². The Morgan fingerprint density at radius 2 is 1.48 bits per heavy atom. The van der Waals surface area contributed by atoms with E-state index >= 15 is 0 Å². The van der Waals surface area contributed by atoms with E-state index in [0.29, 0.717) is 36.9 Å². The molecule has 1 heterocycles. The average Bonchev–Trinajstić information content (AvgIpc) is 2.72. The molecule has 1 aliphatic heterocycles. The van der Waals surface area contributed by atoms with Gasteiger partial charge in [-0.3, -0.25) is 4.79 Å². The first-order valence-corrected chi connectivity index (χ1v) is 12.5. The number of nitrogens with zero attached hydrogens (tertiary/aromatic N) is 2. The number of halogens is 3. The van der Waals surface area contributed by atoms with E-state index in [2.05, 4.69) is 0 Å². The summed E-state index contributed by atoms with van der Waals surface area (Å²) in [5.41, 5.74) is -1.25. The number of sulfonamides is 1. The third-order valence-corrected chi connectivity index (χ3v) is 9.71. The molecule has 5 fully saturated rings. The molecule has 0 unspecified atom stereocenters. The molecule has 31 heavy (non-hydrogen) atoms. The summed E-state index contributed by atoms with van der Waals surface area (Å²) in [6, 6.07) is 3.85. The molecule has 170 valence electrons. The van der Waals surface area contributed by atoms with Crippen molar-refractivity contribution in [2.75, 3.05) is 26.2 Å². The molecule has 0 N–H and O–H groups in total. The monoisotopic (exact) mass is 456 g/mol. The van der Waals surface area contributed by atoms with Gasteiger partial charge in [0.25, 0.3) is 0 Å². The molecule has 9 heteroatoms. The van der Waals surface area contributed by atoms with Crippen molar-refractivity contribution in [3.63, 3.8) is 0 Å². The minimum absolute atomic E-state index is 0.108. The normalized spacial score (nSPS) is 33.6. The second-order valence-corrected chi connectivity index (χ2v) is 11.9. The number of alkyl halides is 3. The molecule has 1 saturated heterocycles. The van der Waals surface area contributed by atoms with E-state index in [1.165, 1.54) is 29.6 Å². The maximum atomic E-state index is 13.5. The Balaban J connectivity index is 1.28. The van der Waals surface area contributed by atoms with Gasteiger partial charge in [0.2, 0.25) is 15.9 Å². The van der Waals surface area contributed by atoms with Gasteiger partial charge in [0, 0.05) is 26.2 Å². The van der Waals surface area contributed by atoms with Crippen molar-refractivity contribution in [2.24, 2.45) is 23.2 Å². The fourth-order valence-electron chi connectivity index (χ4n) is 6.82. The molecule has 1 aromatic rings. The SMILES string of the molecule is O=C(N1CCN(S(=O)(=O)c2cccc(C(F)(F)F)c2)CC1)C12CC3CC(CC(C3)C1)C2. The Kier molecular flexibility index (Phi) is 4.93. The molecule has 0 radical (unpaired) electrons. The molecular formula is C22H27F3N2O3S. The summed E-state index contributed by atoms with van der Waals surface area (Å²) < 4.78 is 66.0. The van der Waals surface area contributed by atoms with E-state index < -0.39 is 21.8 Å². The number of amides is 1. The summed E-state index contributed by atoms with van der Waals surface area (Å²) in [4.78, 5) is 14.9. The Morgan fingerprint density at radius 3 is 2.00 bits per heavy atom. The molecule has 4 aliphatic carbocycles. The number of hydrogen-bond donors (Lipinski definition) is 0. The second-order valence-electron chi connectivity index (χ2n) is 9.92. The molecule has 1 aromatic carbocycles. The van der Waals surface area contributed by atoms with Crippen molar-refractivity contribution < 1.29 is 26.4 Å². The van der Waals surface area contributed by atoms with Crippen molar-refractivity contribution in [3.05, 3.63) is 29.8 Å². The fourth-order valence-corrected chi connectivity index (χ4v) is 8.29. The predicted octanol–water partition coefficient (Wildman–Crippen LogP) is 3.75. The van der Waals surface area contributed by atoms with Crippen LogP contribution in [0.25, 0.3) is 0 Å². The number of benzene rings is 1. The maximum absolute atomic E-state index is 13.5. The first kappa shape index (κ1) is 21.2. The van der Waals surface area contributed by atoms with Crippen molar-refractivity contribution in [1.29, 1.82) is 0 Å². The molecular weight excluding hydrogens is 429 g/mol. The molecule has 5 aliphatic rings. The van der Waals surface area contributed by atoms with Crippen LogP contribution in [-0.4, -0.2) is 49.7 Å². The lowest BCUT2D eigenvalue weighted by atomic mass is 9.49. The van der Waals surface area contributed by atoms with E-state index in [1.807, 2.05) is 0 Å². The molecule has 0 spiro atoms. The highest BCUT2D eigenvalue weighted by molar-refractivity contribution is 7.89. The first-order chi connectivity index (χ1) is 14.6. The smallest absolute Gasteiger partial charge is 0.340 e. The van der Waals surface area contributed by atoms with Crippen LogP contribution in [0.15, 0.2) is 29.2 Å². The summed E-state index contributed by atoms with van der Waals surface area (Å²) in [6.07, 6.45) is 2.01. The lowest BCUT2D eigenvalue weighted by Gasteiger charge is -2.57. The van der Waals surface area contributed by atoms with Crippen LogP contribution < -0.4 is 0 Å². The largest absolute Gasteiger partial charge is 0.416 e. The minimum atomic E-state index is -4.60. The van der Waals surface area contributed by atoms with Gasteiger partial charge in [0.1, 0.15) is 0 Å². The number of piperazine rings is 1. The fraction of sp³-hybridized carbons (Fsp3) is 0.682. The lowest BCUT2D eigenvalue weighted by Crippen LogP contribution is -2.58. The number of carbonyl (C=O) groups excluding carboxylic acids is 1.